The molecule has 0 unspecified atom stereocenters. The standard InChI is InChI=1S/C20H18F2N2O3/c1-12(2)26-16-6-3-13(4-7-16)20(25)23-11-15-10-19(27-24-15)17-8-5-14(21)9-18(17)22/h3-10,12H,11H2,1-2H3,(H,23,25). The van der Waals surface area contributed by atoms with Gasteiger partial charge in [0.25, 0.3) is 5.91 Å². The maximum Gasteiger partial charge on any atom is 0.251 e. The summed E-state index contributed by atoms with van der Waals surface area (Å²) in [6.45, 7) is 3.95. The van der Waals surface area contributed by atoms with Gasteiger partial charge in [-0.1, -0.05) is 5.16 Å². The third-order valence-corrected chi connectivity index (χ3v) is 3.67. The molecule has 1 aromatic heterocycles. The number of ether oxygens (including phenoxy) is 1. The number of halogens is 2. The molecule has 0 saturated carbocycles. The molecule has 0 atom stereocenters. The predicted molar refractivity (Wildman–Crippen MR) is 95.2 cm³/mol. The van der Waals surface area contributed by atoms with Gasteiger partial charge in [-0.25, -0.2) is 8.78 Å². The van der Waals surface area contributed by atoms with E-state index >= 15 is 0 Å². The minimum Gasteiger partial charge on any atom is -0.491 e. The van der Waals surface area contributed by atoms with Gasteiger partial charge in [-0.3, -0.25) is 4.79 Å². The van der Waals surface area contributed by atoms with E-state index in [9.17, 15) is 13.6 Å². The lowest BCUT2D eigenvalue weighted by Crippen LogP contribution is -2.22. The van der Waals surface area contributed by atoms with Crippen molar-refractivity contribution in [3.8, 4) is 17.1 Å². The second-order valence-electron chi connectivity index (χ2n) is 6.18. The molecule has 0 bridgehead atoms. The highest BCUT2D eigenvalue weighted by atomic mass is 19.1. The summed E-state index contributed by atoms with van der Waals surface area (Å²) >= 11 is 0. The van der Waals surface area contributed by atoms with Gasteiger partial charge in [0.15, 0.2) is 5.76 Å². The summed E-state index contributed by atoms with van der Waals surface area (Å²) in [5, 5.41) is 6.51. The van der Waals surface area contributed by atoms with Crippen LogP contribution in [0.25, 0.3) is 11.3 Å². The zero-order chi connectivity index (χ0) is 19.4. The van der Waals surface area contributed by atoms with Crippen molar-refractivity contribution >= 4 is 5.91 Å². The first-order valence-electron chi connectivity index (χ1n) is 8.38. The molecular weight excluding hydrogens is 354 g/mol. The second kappa shape index (κ2) is 7.99. The number of rotatable bonds is 6. The average molecular weight is 372 g/mol. The third kappa shape index (κ3) is 4.69. The maximum absolute atomic E-state index is 13.8. The fourth-order valence-electron chi connectivity index (χ4n) is 2.44. The van der Waals surface area contributed by atoms with E-state index in [1.54, 1.807) is 24.3 Å². The van der Waals surface area contributed by atoms with Crippen LogP contribution in [-0.2, 0) is 6.54 Å². The van der Waals surface area contributed by atoms with Crippen LogP contribution in [0.4, 0.5) is 8.78 Å². The summed E-state index contributed by atoms with van der Waals surface area (Å²) in [7, 11) is 0. The average Bonchev–Trinajstić information content (AvgIpc) is 3.08. The van der Waals surface area contributed by atoms with Crippen molar-refractivity contribution in [2.75, 3.05) is 0 Å². The molecular formula is C20H18F2N2O3. The molecule has 2 aromatic carbocycles. The smallest absolute Gasteiger partial charge is 0.251 e. The number of benzene rings is 2. The van der Waals surface area contributed by atoms with Gasteiger partial charge in [0.2, 0.25) is 0 Å². The Labute approximate surface area is 154 Å². The molecule has 0 aliphatic carbocycles. The van der Waals surface area contributed by atoms with Crippen LogP contribution in [0.3, 0.4) is 0 Å². The van der Waals surface area contributed by atoms with Crippen LogP contribution in [0.5, 0.6) is 5.75 Å². The van der Waals surface area contributed by atoms with E-state index in [2.05, 4.69) is 10.5 Å². The van der Waals surface area contributed by atoms with Gasteiger partial charge in [0, 0.05) is 17.7 Å². The fourth-order valence-corrected chi connectivity index (χ4v) is 2.44. The van der Waals surface area contributed by atoms with Gasteiger partial charge in [0.1, 0.15) is 23.1 Å². The van der Waals surface area contributed by atoms with Crippen molar-refractivity contribution in [2.24, 2.45) is 0 Å². The van der Waals surface area contributed by atoms with Crippen LogP contribution in [-0.4, -0.2) is 17.2 Å². The van der Waals surface area contributed by atoms with Gasteiger partial charge in [-0.15, -0.1) is 0 Å². The van der Waals surface area contributed by atoms with Crippen molar-refractivity contribution < 1.29 is 22.8 Å². The number of amides is 1. The Morgan fingerprint density at radius 1 is 1.15 bits per heavy atom. The van der Waals surface area contributed by atoms with Gasteiger partial charge >= 0.3 is 0 Å². The predicted octanol–water partition coefficient (Wildman–Crippen LogP) is 4.34. The second-order valence-corrected chi connectivity index (χ2v) is 6.18. The molecule has 1 N–H and O–H groups in total. The summed E-state index contributed by atoms with van der Waals surface area (Å²) < 4.78 is 37.4. The van der Waals surface area contributed by atoms with Gasteiger partial charge in [0.05, 0.1) is 18.2 Å². The molecule has 5 nitrogen and oxygen atoms in total. The summed E-state index contributed by atoms with van der Waals surface area (Å²) in [5.41, 5.74) is 0.989. The van der Waals surface area contributed by atoms with Gasteiger partial charge in [-0.05, 0) is 50.2 Å². The number of carbonyl (C=O) groups is 1. The zero-order valence-corrected chi connectivity index (χ0v) is 14.8. The van der Waals surface area contributed by atoms with Gasteiger partial charge < -0.3 is 14.6 Å². The molecule has 1 amide bonds. The lowest BCUT2D eigenvalue weighted by Gasteiger charge is -2.10. The third-order valence-electron chi connectivity index (χ3n) is 3.67. The molecule has 140 valence electrons. The summed E-state index contributed by atoms with van der Waals surface area (Å²) in [6.07, 6.45) is 0.0528. The van der Waals surface area contributed by atoms with Crippen molar-refractivity contribution in [3.63, 3.8) is 0 Å². The Bertz CT molecular complexity index is 937. The number of nitrogens with zero attached hydrogens (tertiary/aromatic N) is 1. The quantitative estimate of drug-likeness (QED) is 0.699. The van der Waals surface area contributed by atoms with Crippen LogP contribution in [0.2, 0.25) is 0 Å². The van der Waals surface area contributed by atoms with Crippen LogP contribution >= 0.6 is 0 Å². The SMILES string of the molecule is CC(C)Oc1ccc(C(=O)NCc2cc(-c3ccc(F)cc3F)on2)cc1. The summed E-state index contributed by atoms with van der Waals surface area (Å²) in [5.74, 6) is -0.863. The number of hydrogen-bond acceptors (Lipinski definition) is 4. The first-order chi connectivity index (χ1) is 12.9. The van der Waals surface area contributed by atoms with E-state index in [0.717, 1.165) is 12.1 Å². The largest absolute Gasteiger partial charge is 0.491 e. The molecule has 0 fully saturated rings. The highest BCUT2D eigenvalue weighted by Gasteiger charge is 2.13. The Morgan fingerprint density at radius 3 is 2.56 bits per heavy atom. The minimum atomic E-state index is -0.745. The van der Waals surface area contributed by atoms with Crippen LogP contribution in [0.15, 0.2) is 53.1 Å². The van der Waals surface area contributed by atoms with Crippen LogP contribution in [0.1, 0.15) is 29.9 Å². The lowest BCUT2D eigenvalue weighted by atomic mass is 10.1. The van der Waals surface area contributed by atoms with E-state index in [0.29, 0.717) is 17.0 Å². The Hall–Kier alpha value is -3.22. The normalized spacial score (nSPS) is 10.9. The highest BCUT2D eigenvalue weighted by molar-refractivity contribution is 5.94. The Balaban J connectivity index is 1.62. The van der Waals surface area contributed by atoms with Crippen molar-refractivity contribution in [1.82, 2.24) is 10.5 Å². The van der Waals surface area contributed by atoms with Crippen molar-refractivity contribution in [1.29, 1.82) is 0 Å². The van der Waals surface area contributed by atoms with E-state index < -0.39 is 11.6 Å². The molecule has 7 heteroatoms. The topological polar surface area (TPSA) is 64.4 Å². The Kier molecular flexibility index (Phi) is 5.49. The highest BCUT2D eigenvalue weighted by Crippen LogP contribution is 2.24. The maximum atomic E-state index is 13.8. The molecule has 1 heterocycles. The summed E-state index contributed by atoms with van der Waals surface area (Å²) in [4.78, 5) is 12.2. The first-order valence-corrected chi connectivity index (χ1v) is 8.38. The lowest BCUT2D eigenvalue weighted by molar-refractivity contribution is 0.0950. The monoisotopic (exact) mass is 372 g/mol. The molecule has 3 aromatic rings. The molecule has 27 heavy (non-hydrogen) atoms. The Morgan fingerprint density at radius 2 is 1.89 bits per heavy atom. The molecule has 0 saturated heterocycles. The first kappa shape index (κ1) is 18.6. The van der Waals surface area contributed by atoms with Crippen LogP contribution in [0, 0.1) is 11.6 Å². The number of hydrogen-bond donors (Lipinski definition) is 1. The number of nitrogens with one attached hydrogen (secondary N) is 1. The van der Waals surface area contributed by atoms with E-state index in [4.69, 9.17) is 9.26 Å². The zero-order valence-electron chi connectivity index (χ0n) is 14.8. The van der Waals surface area contributed by atoms with Gasteiger partial charge in [-0.2, -0.15) is 0 Å². The molecule has 0 radical (unpaired) electrons. The fraction of sp³-hybridized carbons (Fsp3) is 0.200. The van der Waals surface area contributed by atoms with Crippen LogP contribution < -0.4 is 10.1 Å². The number of aromatic nitrogens is 1. The van der Waals surface area contributed by atoms with E-state index in [1.807, 2.05) is 13.8 Å². The molecule has 0 aliphatic heterocycles. The van der Waals surface area contributed by atoms with Crippen molar-refractivity contribution in [3.05, 3.63) is 71.4 Å². The van der Waals surface area contributed by atoms with Crippen molar-refractivity contribution in [2.45, 2.75) is 26.5 Å². The van der Waals surface area contributed by atoms with E-state index in [-0.39, 0.29) is 29.9 Å². The minimum absolute atomic E-state index is 0.0528. The number of carbonyl (C=O) groups excluding carboxylic acids is 1. The summed E-state index contributed by atoms with van der Waals surface area (Å²) in [6, 6.07) is 11.4. The molecule has 0 spiro atoms. The molecule has 3 rings (SSSR count). The van der Waals surface area contributed by atoms with E-state index in [1.165, 1.54) is 12.1 Å². The molecule has 0 aliphatic rings.